The molecule has 0 saturated heterocycles. The van der Waals surface area contributed by atoms with Gasteiger partial charge in [-0.2, -0.15) is 0 Å². The van der Waals surface area contributed by atoms with Crippen molar-refractivity contribution in [2.45, 2.75) is 6.92 Å². The lowest BCUT2D eigenvalue weighted by molar-refractivity contribution is -0.130. The first-order valence-electron chi connectivity index (χ1n) is 4.96. The van der Waals surface area contributed by atoms with E-state index in [1.165, 1.54) is 7.11 Å². The molecule has 0 aliphatic carbocycles. The zero-order valence-corrected chi connectivity index (χ0v) is 9.64. The Labute approximate surface area is 99.2 Å². The second-order valence-electron chi connectivity index (χ2n) is 3.26. The SMILES string of the molecule is CO/C=C(\C=C\F)C(=O)Oc1ccccc1C. The Balaban J connectivity index is 2.85. The van der Waals surface area contributed by atoms with E-state index in [1.807, 2.05) is 19.1 Å². The van der Waals surface area contributed by atoms with Crippen LogP contribution in [0.3, 0.4) is 0 Å². The average molecular weight is 236 g/mol. The molecule has 90 valence electrons. The smallest absolute Gasteiger partial charge is 0.346 e. The molecule has 0 atom stereocenters. The summed E-state index contributed by atoms with van der Waals surface area (Å²) in [6.07, 6.45) is 2.35. The third kappa shape index (κ3) is 3.75. The number of para-hydroxylation sites is 1. The number of aryl methyl sites for hydroxylation is 1. The Morgan fingerprint density at radius 3 is 2.65 bits per heavy atom. The number of hydrogen-bond donors (Lipinski definition) is 0. The zero-order chi connectivity index (χ0) is 12.7. The van der Waals surface area contributed by atoms with Gasteiger partial charge in [-0.3, -0.25) is 0 Å². The fraction of sp³-hybridized carbons (Fsp3) is 0.154. The van der Waals surface area contributed by atoms with E-state index in [9.17, 15) is 9.18 Å². The van der Waals surface area contributed by atoms with Crippen LogP contribution in [-0.4, -0.2) is 13.1 Å². The molecule has 4 heteroatoms. The average Bonchev–Trinajstić information content (AvgIpc) is 2.32. The lowest BCUT2D eigenvalue weighted by Crippen LogP contribution is -2.11. The molecular weight excluding hydrogens is 223 g/mol. The number of benzene rings is 1. The summed E-state index contributed by atoms with van der Waals surface area (Å²) in [5.74, 6) is -0.234. The first kappa shape index (κ1) is 13.0. The van der Waals surface area contributed by atoms with E-state index in [1.54, 1.807) is 12.1 Å². The van der Waals surface area contributed by atoms with Crippen LogP contribution in [0.1, 0.15) is 5.56 Å². The summed E-state index contributed by atoms with van der Waals surface area (Å²) in [7, 11) is 1.37. The van der Waals surface area contributed by atoms with Gasteiger partial charge < -0.3 is 9.47 Å². The highest BCUT2D eigenvalue weighted by Crippen LogP contribution is 2.17. The van der Waals surface area contributed by atoms with Crippen molar-refractivity contribution >= 4 is 5.97 Å². The minimum atomic E-state index is -0.671. The summed E-state index contributed by atoms with van der Waals surface area (Å²) in [5, 5.41) is 0. The molecule has 3 nitrogen and oxygen atoms in total. The van der Waals surface area contributed by atoms with E-state index in [4.69, 9.17) is 4.74 Å². The molecule has 17 heavy (non-hydrogen) atoms. The molecule has 0 unspecified atom stereocenters. The van der Waals surface area contributed by atoms with Crippen LogP contribution in [-0.2, 0) is 9.53 Å². The number of carbonyl (C=O) groups is 1. The largest absolute Gasteiger partial charge is 0.503 e. The molecule has 1 aromatic rings. The van der Waals surface area contributed by atoms with Gasteiger partial charge in [-0.15, -0.1) is 0 Å². The quantitative estimate of drug-likeness (QED) is 0.265. The van der Waals surface area contributed by atoms with Crippen molar-refractivity contribution in [2.75, 3.05) is 7.11 Å². The molecule has 0 N–H and O–H groups in total. The van der Waals surface area contributed by atoms with Crippen LogP contribution >= 0.6 is 0 Å². The van der Waals surface area contributed by atoms with Crippen LogP contribution in [0.5, 0.6) is 5.75 Å². The summed E-state index contributed by atoms with van der Waals surface area (Å²) >= 11 is 0. The van der Waals surface area contributed by atoms with Crippen molar-refractivity contribution in [3.8, 4) is 5.75 Å². The lowest BCUT2D eigenvalue weighted by atomic mass is 10.2. The number of methoxy groups -OCH3 is 1. The van der Waals surface area contributed by atoms with Gasteiger partial charge in [0.1, 0.15) is 5.75 Å². The van der Waals surface area contributed by atoms with Crippen LogP contribution in [0, 0.1) is 6.92 Å². The molecule has 0 aliphatic heterocycles. The van der Waals surface area contributed by atoms with Gasteiger partial charge in [0, 0.05) is 0 Å². The maximum absolute atomic E-state index is 12.1. The molecule has 0 aliphatic rings. The van der Waals surface area contributed by atoms with Crippen molar-refractivity contribution in [3.05, 3.63) is 54.1 Å². The Kier molecular flexibility index (Phi) is 4.94. The molecule has 0 amide bonds. The van der Waals surface area contributed by atoms with Crippen LogP contribution < -0.4 is 4.74 Å². The van der Waals surface area contributed by atoms with Crippen LogP contribution in [0.15, 0.2) is 48.5 Å². The number of hydrogen-bond acceptors (Lipinski definition) is 3. The monoisotopic (exact) mass is 236 g/mol. The highest BCUT2D eigenvalue weighted by Gasteiger charge is 2.11. The van der Waals surface area contributed by atoms with Gasteiger partial charge in [0.05, 0.1) is 25.3 Å². The zero-order valence-electron chi connectivity index (χ0n) is 9.64. The topological polar surface area (TPSA) is 35.5 Å². The second-order valence-corrected chi connectivity index (χ2v) is 3.26. The minimum absolute atomic E-state index is 0.00162. The molecule has 0 fully saturated rings. The molecule has 0 spiro atoms. The van der Waals surface area contributed by atoms with E-state index in [-0.39, 0.29) is 11.9 Å². The van der Waals surface area contributed by atoms with Crippen LogP contribution in [0.2, 0.25) is 0 Å². The molecule has 0 saturated carbocycles. The maximum Gasteiger partial charge on any atom is 0.346 e. The number of carbonyl (C=O) groups excluding carboxylic acids is 1. The molecule has 0 bridgehead atoms. The van der Waals surface area contributed by atoms with Crippen molar-refractivity contribution in [1.29, 1.82) is 0 Å². The van der Waals surface area contributed by atoms with Crippen molar-refractivity contribution in [2.24, 2.45) is 0 Å². The molecule has 0 radical (unpaired) electrons. The fourth-order valence-corrected chi connectivity index (χ4v) is 1.18. The Hall–Kier alpha value is -2.10. The first-order chi connectivity index (χ1) is 8.19. The molecule has 1 aromatic carbocycles. The summed E-state index contributed by atoms with van der Waals surface area (Å²) in [4.78, 5) is 11.7. The third-order valence-electron chi connectivity index (χ3n) is 2.02. The highest BCUT2D eigenvalue weighted by molar-refractivity contribution is 5.92. The Bertz CT molecular complexity index is 450. The number of rotatable bonds is 4. The summed E-state index contributed by atoms with van der Waals surface area (Å²) < 4.78 is 21.8. The Morgan fingerprint density at radius 2 is 2.06 bits per heavy atom. The van der Waals surface area contributed by atoms with E-state index in [0.717, 1.165) is 17.9 Å². The van der Waals surface area contributed by atoms with E-state index < -0.39 is 5.97 Å². The summed E-state index contributed by atoms with van der Waals surface area (Å²) in [6, 6.07) is 7.06. The van der Waals surface area contributed by atoms with Crippen LogP contribution in [0.4, 0.5) is 4.39 Å². The third-order valence-corrected chi connectivity index (χ3v) is 2.02. The normalized spacial score (nSPS) is 11.6. The van der Waals surface area contributed by atoms with E-state index in [2.05, 4.69) is 4.74 Å². The van der Waals surface area contributed by atoms with Gasteiger partial charge in [0.15, 0.2) is 0 Å². The van der Waals surface area contributed by atoms with Crippen molar-refractivity contribution in [3.63, 3.8) is 0 Å². The minimum Gasteiger partial charge on any atom is -0.503 e. The molecule has 0 aromatic heterocycles. The van der Waals surface area contributed by atoms with Gasteiger partial charge in [0.25, 0.3) is 0 Å². The van der Waals surface area contributed by atoms with Crippen molar-refractivity contribution < 1.29 is 18.7 Å². The van der Waals surface area contributed by atoms with Gasteiger partial charge in [-0.25, -0.2) is 9.18 Å². The van der Waals surface area contributed by atoms with E-state index >= 15 is 0 Å². The van der Waals surface area contributed by atoms with Gasteiger partial charge in [0.2, 0.25) is 0 Å². The molecule has 1 rings (SSSR count). The second kappa shape index (κ2) is 6.48. The van der Waals surface area contributed by atoms with Gasteiger partial charge in [-0.05, 0) is 24.6 Å². The maximum atomic E-state index is 12.1. The molecule has 0 heterocycles. The predicted molar refractivity (Wildman–Crippen MR) is 62.2 cm³/mol. The molecular formula is C13H13FO3. The number of esters is 1. The standard InChI is InChI=1S/C13H13FO3/c1-10-5-3-4-6-12(10)17-13(15)11(7-8-14)9-16-2/h3-9H,1-2H3/b8-7+,11-9+. The fourth-order valence-electron chi connectivity index (χ4n) is 1.18. The summed E-state index contributed by atoms with van der Waals surface area (Å²) in [5.41, 5.74) is 0.820. The van der Waals surface area contributed by atoms with Crippen molar-refractivity contribution in [1.82, 2.24) is 0 Å². The highest BCUT2D eigenvalue weighted by atomic mass is 19.1. The Morgan fingerprint density at radius 1 is 1.35 bits per heavy atom. The van der Waals surface area contributed by atoms with Crippen LogP contribution in [0.25, 0.3) is 0 Å². The van der Waals surface area contributed by atoms with E-state index in [0.29, 0.717) is 5.75 Å². The lowest BCUT2D eigenvalue weighted by Gasteiger charge is -2.06. The number of ether oxygens (including phenoxy) is 2. The number of halogens is 1. The summed E-state index contributed by atoms with van der Waals surface area (Å²) in [6.45, 7) is 1.81. The van der Waals surface area contributed by atoms with Gasteiger partial charge in [-0.1, -0.05) is 18.2 Å². The predicted octanol–water partition coefficient (Wildman–Crippen LogP) is 2.91. The first-order valence-corrected chi connectivity index (χ1v) is 4.96. The van der Waals surface area contributed by atoms with Gasteiger partial charge >= 0.3 is 5.97 Å².